The van der Waals surface area contributed by atoms with Crippen LogP contribution in [0.25, 0.3) is 11.4 Å². The summed E-state index contributed by atoms with van der Waals surface area (Å²) in [5.41, 5.74) is 4.56. The number of benzene rings is 2. The molecule has 0 amide bonds. The summed E-state index contributed by atoms with van der Waals surface area (Å²) in [5, 5.41) is 12.3. The van der Waals surface area contributed by atoms with Gasteiger partial charge < -0.3 is 4.74 Å². The molecule has 1 aliphatic carbocycles. The zero-order valence-corrected chi connectivity index (χ0v) is 20.1. The fraction of sp³-hybridized carbons (Fsp3) is 0.357. The van der Waals surface area contributed by atoms with Crippen LogP contribution in [0.5, 0.6) is 5.75 Å². The van der Waals surface area contributed by atoms with Gasteiger partial charge in [0.1, 0.15) is 12.4 Å². The third-order valence-corrected chi connectivity index (χ3v) is 7.21. The maximum absolute atomic E-state index is 5.97. The molecule has 1 fully saturated rings. The van der Waals surface area contributed by atoms with Crippen LogP contribution < -0.4 is 4.74 Å². The molecule has 4 aromatic rings. The lowest BCUT2D eigenvalue weighted by Gasteiger charge is -2.44. The molecule has 0 N–H and O–H groups in total. The highest BCUT2D eigenvalue weighted by Gasteiger charge is 2.40. The number of ether oxygens (including phenoxy) is 1. The molecule has 2 heterocycles. The van der Waals surface area contributed by atoms with E-state index in [4.69, 9.17) is 4.74 Å². The molecule has 0 saturated heterocycles. The van der Waals surface area contributed by atoms with Crippen LogP contribution in [0, 0.1) is 5.92 Å². The van der Waals surface area contributed by atoms with E-state index in [1.807, 2.05) is 22.9 Å². The average molecular weight is 454 g/mol. The Bertz CT molecular complexity index is 1210. The van der Waals surface area contributed by atoms with Gasteiger partial charge in [-0.05, 0) is 78.4 Å². The predicted molar refractivity (Wildman–Crippen MR) is 132 cm³/mol. The molecule has 0 bridgehead atoms. The summed E-state index contributed by atoms with van der Waals surface area (Å²) in [5.74, 6) is 2.29. The van der Waals surface area contributed by atoms with Gasteiger partial charge in [0.2, 0.25) is 0 Å². The predicted octanol–water partition coefficient (Wildman–Crippen LogP) is 6.00. The zero-order chi connectivity index (χ0) is 23.5. The van der Waals surface area contributed by atoms with Crippen LogP contribution in [0.15, 0.2) is 72.9 Å². The van der Waals surface area contributed by atoms with E-state index < -0.39 is 0 Å². The number of pyridine rings is 1. The van der Waals surface area contributed by atoms with E-state index in [2.05, 4.69) is 89.8 Å². The second-order valence-electron chi connectivity index (χ2n) is 9.58. The lowest BCUT2D eigenvalue weighted by atomic mass is 9.60. The Balaban J connectivity index is 1.40. The molecule has 2 aromatic heterocycles. The van der Waals surface area contributed by atoms with Gasteiger partial charge in [-0.15, -0.1) is 5.10 Å². The summed E-state index contributed by atoms with van der Waals surface area (Å²) in [6.45, 7) is 7.03. The number of rotatable bonds is 8. The first-order valence-electron chi connectivity index (χ1n) is 12.1. The van der Waals surface area contributed by atoms with Crippen LogP contribution in [0.4, 0.5) is 0 Å². The largest absolute Gasteiger partial charge is 0.487 e. The van der Waals surface area contributed by atoms with Crippen molar-refractivity contribution in [3.05, 3.63) is 89.7 Å². The molecule has 174 valence electrons. The van der Waals surface area contributed by atoms with Crippen LogP contribution in [0.3, 0.4) is 0 Å². The van der Waals surface area contributed by atoms with Crippen molar-refractivity contribution in [1.82, 2.24) is 25.2 Å². The van der Waals surface area contributed by atoms with E-state index in [-0.39, 0.29) is 11.5 Å². The minimum atomic E-state index is -0.0553. The molecule has 1 aliphatic rings. The van der Waals surface area contributed by atoms with E-state index >= 15 is 0 Å². The molecule has 6 nitrogen and oxygen atoms in total. The Kier molecular flexibility index (Phi) is 6.14. The molecule has 0 radical (unpaired) electrons. The molecular weight excluding hydrogens is 422 g/mol. The lowest BCUT2D eigenvalue weighted by Crippen LogP contribution is -2.37. The summed E-state index contributed by atoms with van der Waals surface area (Å²) in [6, 6.07) is 23.5. The van der Waals surface area contributed by atoms with Crippen molar-refractivity contribution in [2.24, 2.45) is 5.92 Å². The van der Waals surface area contributed by atoms with Gasteiger partial charge in [0.15, 0.2) is 5.82 Å². The first-order valence-corrected chi connectivity index (χ1v) is 12.1. The van der Waals surface area contributed by atoms with Crippen molar-refractivity contribution in [3.8, 4) is 17.1 Å². The molecule has 2 aromatic carbocycles. The number of nitrogens with zero attached hydrogens (tertiary/aromatic N) is 5. The Morgan fingerprint density at radius 3 is 2.26 bits per heavy atom. The van der Waals surface area contributed by atoms with Gasteiger partial charge in [-0.2, -0.15) is 0 Å². The molecule has 0 spiro atoms. The SMILES string of the molecule is CC(C)n1nnnc1-c1ccc(C(C)(c2ccc(OCc3ccccn3)cc2)C2CCC2)cc1. The van der Waals surface area contributed by atoms with E-state index in [1.165, 1.54) is 30.4 Å². The van der Waals surface area contributed by atoms with Crippen LogP contribution in [0.1, 0.15) is 62.9 Å². The van der Waals surface area contributed by atoms with Crippen molar-refractivity contribution in [1.29, 1.82) is 0 Å². The van der Waals surface area contributed by atoms with E-state index in [9.17, 15) is 0 Å². The van der Waals surface area contributed by atoms with Gasteiger partial charge in [0.25, 0.3) is 0 Å². The fourth-order valence-electron chi connectivity index (χ4n) is 4.86. The van der Waals surface area contributed by atoms with Crippen molar-refractivity contribution >= 4 is 0 Å². The van der Waals surface area contributed by atoms with Gasteiger partial charge in [0, 0.05) is 17.2 Å². The minimum Gasteiger partial charge on any atom is -0.487 e. The highest BCUT2D eigenvalue weighted by atomic mass is 16.5. The van der Waals surface area contributed by atoms with Gasteiger partial charge in [0.05, 0.1) is 11.7 Å². The van der Waals surface area contributed by atoms with Crippen molar-refractivity contribution in [2.75, 3.05) is 0 Å². The molecule has 1 atom stereocenters. The summed E-state index contributed by atoms with van der Waals surface area (Å²) in [6.07, 6.45) is 5.59. The summed E-state index contributed by atoms with van der Waals surface area (Å²) in [4.78, 5) is 4.33. The van der Waals surface area contributed by atoms with Crippen LogP contribution in [-0.2, 0) is 12.0 Å². The second-order valence-corrected chi connectivity index (χ2v) is 9.58. The quantitative estimate of drug-likeness (QED) is 0.327. The second kappa shape index (κ2) is 9.37. The topological polar surface area (TPSA) is 65.7 Å². The molecule has 1 unspecified atom stereocenters. The smallest absolute Gasteiger partial charge is 0.182 e. The maximum atomic E-state index is 5.97. The van der Waals surface area contributed by atoms with E-state index in [0.29, 0.717) is 12.5 Å². The lowest BCUT2D eigenvalue weighted by molar-refractivity contribution is 0.211. The number of tetrazole rings is 1. The third-order valence-electron chi connectivity index (χ3n) is 7.21. The van der Waals surface area contributed by atoms with E-state index in [0.717, 1.165) is 22.8 Å². The first kappa shape index (κ1) is 22.3. The number of hydrogen-bond acceptors (Lipinski definition) is 5. The fourth-order valence-corrected chi connectivity index (χ4v) is 4.86. The molecule has 1 saturated carbocycles. The monoisotopic (exact) mass is 453 g/mol. The van der Waals surface area contributed by atoms with Gasteiger partial charge >= 0.3 is 0 Å². The molecule has 5 rings (SSSR count). The van der Waals surface area contributed by atoms with Crippen molar-refractivity contribution in [3.63, 3.8) is 0 Å². The van der Waals surface area contributed by atoms with Gasteiger partial charge in [-0.1, -0.05) is 55.8 Å². The van der Waals surface area contributed by atoms with Crippen LogP contribution >= 0.6 is 0 Å². The number of hydrogen-bond donors (Lipinski definition) is 0. The highest BCUT2D eigenvalue weighted by molar-refractivity contribution is 5.56. The maximum Gasteiger partial charge on any atom is 0.182 e. The standard InChI is InChI=1S/C28H31N5O/c1-20(2)33-27(30-31-32-33)21-10-12-23(13-11-21)28(3,22-7-6-8-22)24-14-16-26(17-15-24)34-19-25-9-4-5-18-29-25/h4-5,9-18,20,22H,6-8,19H2,1-3H3. The Morgan fingerprint density at radius 1 is 0.971 bits per heavy atom. The van der Waals surface area contributed by atoms with Crippen molar-refractivity contribution in [2.45, 2.75) is 58.1 Å². The molecular formula is C28H31N5O. The summed E-state index contributed by atoms with van der Waals surface area (Å²) >= 11 is 0. The van der Waals surface area contributed by atoms with E-state index in [1.54, 1.807) is 6.20 Å². The van der Waals surface area contributed by atoms with Crippen molar-refractivity contribution < 1.29 is 4.74 Å². The summed E-state index contributed by atoms with van der Waals surface area (Å²) < 4.78 is 7.84. The normalized spacial score (nSPS) is 15.6. The van der Waals surface area contributed by atoms with Crippen LogP contribution in [0.2, 0.25) is 0 Å². The molecule has 34 heavy (non-hydrogen) atoms. The number of aromatic nitrogens is 5. The molecule has 0 aliphatic heterocycles. The highest BCUT2D eigenvalue weighted by Crippen LogP contribution is 2.48. The first-order chi connectivity index (χ1) is 16.6. The minimum absolute atomic E-state index is 0.0553. The Morgan fingerprint density at radius 2 is 1.68 bits per heavy atom. The van der Waals surface area contributed by atoms with Gasteiger partial charge in [-0.3, -0.25) is 4.98 Å². The third kappa shape index (κ3) is 4.20. The Hall–Kier alpha value is -3.54. The van der Waals surface area contributed by atoms with Gasteiger partial charge in [-0.25, -0.2) is 4.68 Å². The summed E-state index contributed by atoms with van der Waals surface area (Å²) in [7, 11) is 0. The zero-order valence-electron chi connectivity index (χ0n) is 20.1. The molecule has 6 heteroatoms. The van der Waals surface area contributed by atoms with Crippen LogP contribution in [-0.4, -0.2) is 25.2 Å². The Labute approximate surface area is 201 Å². The average Bonchev–Trinajstić information content (AvgIpc) is 3.33.